The number of hydrogen-bond donors (Lipinski definition) is 1. The van der Waals surface area contributed by atoms with Crippen LogP contribution in [0.5, 0.6) is 5.75 Å². The van der Waals surface area contributed by atoms with Gasteiger partial charge in [-0.2, -0.15) is 0 Å². The number of benzene rings is 1. The van der Waals surface area contributed by atoms with Crippen LogP contribution in [0.4, 0.5) is 10.2 Å². The predicted molar refractivity (Wildman–Crippen MR) is 77.9 cm³/mol. The molecular weight excluding hydrogens is 271 g/mol. The van der Waals surface area contributed by atoms with E-state index in [0.717, 1.165) is 11.3 Å². The van der Waals surface area contributed by atoms with E-state index in [2.05, 4.69) is 4.98 Å². The average Bonchev–Trinajstić information content (AvgIpc) is 2.89. The molecule has 0 radical (unpaired) electrons. The molecule has 1 aliphatic rings. The zero-order chi connectivity index (χ0) is 14.8. The van der Waals surface area contributed by atoms with Crippen LogP contribution in [-0.4, -0.2) is 29.8 Å². The Hall–Kier alpha value is -2.14. The molecule has 1 saturated heterocycles. The minimum absolute atomic E-state index is 0.112. The quantitative estimate of drug-likeness (QED) is 0.942. The molecule has 110 valence electrons. The third-order valence-corrected chi connectivity index (χ3v) is 3.77. The number of pyridine rings is 1. The van der Waals surface area contributed by atoms with Gasteiger partial charge in [0.15, 0.2) is 11.6 Å². The number of aliphatic hydroxyl groups is 1. The van der Waals surface area contributed by atoms with Gasteiger partial charge >= 0.3 is 0 Å². The molecule has 2 atom stereocenters. The van der Waals surface area contributed by atoms with Gasteiger partial charge in [0, 0.05) is 12.7 Å². The molecule has 21 heavy (non-hydrogen) atoms. The zero-order valence-corrected chi connectivity index (χ0v) is 11.7. The van der Waals surface area contributed by atoms with Crippen molar-refractivity contribution in [2.45, 2.75) is 18.6 Å². The summed E-state index contributed by atoms with van der Waals surface area (Å²) in [5.74, 6) is 0.650. The summed E-state index contributed by atoms with van der Waals surface area (Å²) in [4.78, 5) is 5.94. The maximum atomic E-state index is 14.0. The smallest absolute Gasteiger partial charge is 0.165 e. The van der Waals surface area contributed by atoms with Crippen LogP contribution in [0.3, 0.4) is 0 Å². The SMILES string of the molecule is COc1cccc([C@@H]2C[C@H](O)CN2c2ncccc2F)c1. The highest BCUT2D eigenvalue weighted by Crippen LogP contribution is 2.37. The summed E-state index contributed by atoms with van der Waals surface area (Å²) >= 11 is 0. The second-order valence-corrected chi connectivity index (χ2v) is 5.14. The molecule has 1 N–H and O–H groups in total. The maximum Gasteiger partial charge on any atom is 0.165 e. The van der Waals surface area contributed by atoms with E-state index in [0.29, 0.717) is 13.0 Å². The van der Waals surface area contributed by atoms with Gasteiger partial charge in [0.1, 0.15) is 5.75 Å². The molecule has 1 fully saturated rings. The summed E-state index contributed by atoms with van der Waals surface area (Å²) in [6, 6.07) is 10.5. The topological polar surface area (TPSA) is 45.6 Å². The highest BCUT2D eigenvalue weighted by Gasteiger charge is 2.34. The van der Waals surface area contributed by atoms with Crippen molar-refractivity contribution < 1.29 is 14.2 Å². The Balaban J connectivity index is 1.97. The lowest BCUT2D eigenvalue weighted by Gasteiger charge is -2.26. The molecule has 0 spiro atoms. The largest absolute Gasteiger partial charge is 0.497 e. The van der Waals surface area contributed by atoms with Crippen molar-refractivity contribution in [3.05, 3.63) is 54.0 Å². The molecule has 2 aromatic rings. The number of methoxy groups -OCH3 is 1. The highest BCUT2D eigenvalue weighted by molar-refractivity contribution is 5.46. The van der Waals surface area contributed by atoms with Crippen molar-refractivity contribution in [3.8, 4) is 5.75 Å². The first kappa shape index (κ1) is 13.8. The summed E-state index contributed by atoms with van der Waals surface area (Å²) in [7, 11) is 1.61. The first-order valence-electron chi connectivity index (χ1n) is 6.88. The number of halogens is 1. The van der Waals surface area contributed by atoms with Gasteiger partial charge in [-0.05, 0) is 36.2 Å². The van der Waals surface area contributed by atoms with Crippen LogP contribution < -0.4 is 9.64 Å². The second-order valence-electron chi connectivity index (χ2n) is 5.14. The van der Waals surface area contributed by atoms with Gasteiger partial charge in [-0.15, -0.1) is 0 Å². The molecule has 3 rings (SSSR count). The number of anilines is 1. The fraction of sp³-hybridized carbons (Fsp3) is 0.312. The van der Waals surface area contributed by atoms with Gasteiger partial charge in [-0.1, -0.05) is 12.1 Å². The van der Waals surface area contributed by atoms with Crippen molar-refractivity contribution in [3.63, 3.8) is 0 Å². The molecule has 0 amide bonds. The fourth-order valence-corrected chi connectivity index (χ4v) is 2.80. The Morgan fingerprint density at radius 2 is 2.19 bits per heavy atom. The van der Waals surface area contributed by atoms with Crippen LogP contribution in [0, 0.1) is 5.82 Å². The van der Waals surface area contributed by atoms with Crippen LogP contribution in [0.15, 0.2) is 42.6 Å². The van der Waals surface area contributed by atoms with Crippen LogP contribution in [0.2, 0.25) is 0 Å². The van der Waals surface area contributed by atoms with Crippen molar-refractivity contribution in [2.75, 3.05) is 18.6 Å². The number of nitrogens with zero attached hydrogens (tertiary/aromatic N) is 2. The van der Waals surface area contributed by atoms with Crippen molar-refractivity contribution in [2.24, 2.45) is 0 Å². The second kappa shape index (κ2) is 5.69. The molecule has 4 nitrogen and oxygen atoms in total. The molecule has 1 aromatic heterocycles. The molecule has 1 aromatic carbocycles. The van der Waals surface area contributed by atoms with E-state index in [1.807, 2.05) is 29.2 Å². The maximum absolute atomic E-state index is 14.0. The summed E-state index contributed by atoms with van der Waals surface area (Å²) in [5, 5.41) is 9.99. The lowest BCUT2D eigenvalue weighted by molar-refractivity contribution is 0.194. The van der Waals surface area contributed by atoms with Gasteiger partial charge < -0.3 is 14.7 Å². The van der Waals surface area contributed by atoms with Crippen LogP contribution in [0.1, 0.15) is 18.0 Å². The van der Waals surface area contributed by atoms with E-state index in [1.54, 1.807) is 19.4 Å². The van der Waals surface area contributed by atoms with Gasteiger partial charge in [-0.25, -0.2) is 9.37 Å². The number of rotatable bonds is 3. The number of hydrogen-bond acceptors (Lipinski definition) is 4. The Labute approximate surface area is 122 Å². The Morgan fingerprint density at radius 1 is 1.33 bits per heavy atom. The Bertz CT molecular complexity index is 635. The molecule has 2 heterocycles. The molecule has 0 unspecified atom stereocenters. The third-order valence-electron chi connectivity index (χ3n) is 3.77. The standard InChI is InChI=1S/C16H17FN2O2/c1-21-13-5-2-4-11(8-13)15-9-12(20)10-19(15)16-14(17)6-3-7-18-16/h2-8,12,15,20H,9-10H2,1H3/t12-,15-/m0/s1. The lowest BCUT2D eigenvalue weighted by Crippen LogP contribution is -2.26. The van der Waals surface area contributed by atoms with Crippen molar-refractivity contribution >= 4 is 5.82 Å². The number of ether oxygens (including phenoxy) is 1. The van der Waals surface area contributed by atoms with Gasteiger partial charge in [0.2, 0.25) is 0 Å². The summed E-state index contributed by atoms with van der Waals surface area (Å²) in [6.07, 6.45) is 1.61. The summed E-state index contributed by atoms with van der Waals surface area (Å²) < 4.78 is 19.2. The highest BCUT2D eigenvalue weighted by atomic mass is 19.1. The third kappa shape index (κ3) is 2.69. The lowest BCUT2D eigenvalue weighted by atomic mass is 10.0. The first-order chi connectivity index (χ1) is 10.2. The summed E-state index contributed by atoms with van der Waals surface area (Å²) in [5.41, 5.74) is 0.982. The number of aromatic nitrogens is 1. The van der Waals surface area contributed by atoms with E-state index < -0.39 is 6.10 Å². The van der Waals surface area contributed by atoms with Crippen LogP contribution in [-0.2, 0) is 0 Å². The molecule has 0 aliphatic carbocycles. The Morgan fingerprint density at radius 3 is 2.95 bits per heavy atom. The number of β-amino-alcohol motifs (C(OH)–C–C–N with tert-alkyl or cyclic N) is 1. The summed E-state index contributed by atoms with van der Waals surface area (Å²) in [6.45, 7) is 0.371. The van der Waals surface area contributed by atoms with E-state index in [1.165, 1.54) is 6.07 Å². The van der Waals surface area contributed by atoms with Crippen molar-refractivity contribution in [1.29, 1.82) is 0 Å². The number of aliphatic hydroxyl groups excluding tert-OH is 1. The van der Waals surface area contributed by atoms with E-state index in [9.17, 15) is 9.50 Å². The minimum Gasteiger partial charge on any atom is -0.497 e. The van der Waals surface area contributed by atoms with Crippen LogP contribution >= 0.6 is 0 Å². The molecule has 0 bridgehead atoms. The first-order valence-corrected chi connectivity index (χ1v) is 6.88. The van der Waals surface area contributed by atoms with E-state index >= 15 is 0 Å². The monoisotopic (exact) mass is 288 g/mol. The molecule has 5 heteroatoms. The molecular formula is C16H17FN2O2. The van der Waals surface area contributed by atoms with Gasteiger partial charge in [-0.3, -0.25) is 0 Å². The van der Waals surface area contributed by atoms with E-state index in [-0.39, 0.29) is 17.7 Å². The van der Waals surface area contributed by atoms with Crippen LogP contribution in [0.25, 0.3) is 0 Å². The fourth-order valence-electron chi connectivity index (χ4n) is 2.80. The van der Waals surface area contributed by atoms with Gasteiger partial charge in [0.25, 0.3) is 0 Å². The molecule has 0 saturated carbocycles. The minimum atomic E-state index is -0.498. The van der Waals surface area contributed by atoms with E-state index in [4.69, 9.17) is 4.74 Å². The molecule has 1 aliphatic heterocycles. The zero-order valence-electron chi connectivity index (χ0n) is 11.7. The predicted octanol–water partition coefficient (Wildman–Crippen LogP) is 2.54. The normalized spacial score (nSPS) is 21.6. The van der Waals surface area contributed by atoms with Gasteiger partial charge in [0.05, 0.1) is 19.3 Å². The Kier molecular flexibility index (Phi) is 3.75. The average molecular weight is 288 g/mol. The van der Waals surface area contributed by atoms with Crippen molar-refractivity contribution in [1.82, 2.24) is 4.98 Å².